The summed E-state index contributed by atoms with van der Waals surface area (Å²) in [5, 5.41) is 3.02. The van der Waals surface area contributed by atoms with Crippen molar-refractivity contribution in [3.63, 3.8) is 0 Å². The van der Waals surface area contributed by atoms with E-state index in [4.69, 9.17) is 0 Å². The molecule has 0 saturated heterocycles. The van der Waals surface area contributed by atoms with Crippen molar-refractivity contribution in [2.45, 2.75) is 53.5 Å². The molecule has 0 spiro atoms. The van der Waals surface area contributed by atoms with E-state index in [1.54, 1.807) is 13.2 Å². The van der Waals surface area contributed by atoms with Crippen LogP contribution in [-0.2, 0) is 0 Å². The Morgan fingerprint density at radius 2 is 1.86 bits per heavy atom. The molecule has 21 heavy (non-hydrogen) atoms. The predicted octanol–water partition coefficient (Wildman–Crippen LogP) is 3.15. The molecule has 0 aromatic carbocycles. The van der Waals surface area contributed by atoms with E-state index in [9.17, 15) is 4.79 Å². The second kappa shape index (κ2) is 7.38. The summed E-state index contributed by atoms with van der Waals surface area (Å²) in [7, 11) is 1.78. The monoisotopic (exact) mass is 292 g/mol. The lowest BCUT2D eigenvalue weighted by Gasteiger charge is -2.29. The number of carbonyl (C=O) groups is 1. The molecule has 0 radical (unpaired) electrons. The van der Waals surface area contributed by atoms with Crippen molar-refractivity contribution in [1.82, 2.24) is 14.9 Å². The first kappa shape index (κ1) is 17.4. The Morgan fingerprint density at radius 3 is 2.29 bits per heavy atom. The van der Waals surface area contributed by atoms with Gasteiger partial charge >= 0.3 is 0 Å². The summed E-state index contributed by atoms with van der Waals surface area (Å²) in [5.74, 6) is 1.28. The van der Waals surface area contributed by atoms with Crippen LogP contribution in [0.25, 0.3) is 0 Å². The summed E-state index contributed by atoms with van der Waals surface area (Å²) < 4.78 is 0. The fourth-order valence-corrected chi connectivity index (χ4v) is 2.08. The maximum Gasteiger partial charge on any atom is 0.274 e. The minimum Gasteiger partial charge on any atom is -0.385 e. The predicted molar refractivity (Wildman–Crippen MR) is 86.7 cm³/mol. The molecule has 118 valence electrons. The van der Waals surface area contributed by atoms with E-state index in [0.29, 0.717) is 23.1 Å². The van der Waals surface area contributed by atoms with E-state index < -0.39 is 0 Å². The first-order valence-corrected chi connectivity index (χ1v) is 7.63. The molecule has 1 aromatic heterocycles. The topological polar surface area (TPSA) is 58.1 Å². The smallest absolute Gasteiger partial charge is 0.274 e. The van der Waals surface area contributed by atoms with Gasteiger partial charge in [0.2, 0.25) is 0 Å². The summed E-state index contributed by atoms with van der Waals surface area (Å²) in [5.41, 5.74) is 1.14. The number of hydrogen-bond donors (Lipinski definition) is 1. The van der Waals surface area contributed by atoms with Gasteiger partial charge in [0.15, 0.2) is 5.69 Å². The summed E-state index contributed by atoms with van der Waals surface area (Å²) in [4.78, 5) is 23.5. The van der Waals surface area contributed by atoms with E-state index in [-0.39, 0.29) is 17.9 Å². The van der Waals surface area contributed by atoms with Gasteiger partial charge in [-0.2, -0.15) is 0 Å². The molecule has 1 rings (SSSR count). The molecular weight excluding hydrogens is 264 g/mol. The Hall–Kier alpha value is -1.65. The Bertz CT molecular complexity index is 483. The van der Waals surface area contributed by atoms with Gasteiger partial charge < -0.3 is 10.2 Å². The van der Waals surface area contributed by atoms with Gasteiger partial charge in [0, 0.05) is 25.6 Å². The Kier molecular flexibility index (Phi) is 6.12. The lowest BCUT2D eigenvalue weighted by Crippen LogP contribution is -2.40. The number of aromatic nitrogens is 2. The van der Waals surface area contributed by atoms with Crippen LogP contribution < -0.4 is 5.32 Å². The summed E-state index contributed by atoms with van der Waals surface area (Å²) in [6, 6.07) is 0.141. The van der Waals surface area contributed by atoms with E-state index in [0.717, 1.165) is 6.54 Å². The number of hydrogen-bond acceptors (Lipinski definition) is 4. The van der Waals surface area contributed by atoms with Gasteiger partial charge in [-0.15, -0.1) is 0 Å². The third kappa shape index (κ3) is 4.41. The molecule has 0 bridgehead atoms. The zero-order chi connectivity index (χ0) is 16.2. The van der Waals surface area contributed by atoms with Crippen LogP contribution in [0.2, 0.25) is 0 Å². The van der Waals surface area contributed by atoms with Crippen LogP contribution >= 0.6 is 0 Å². The number of amides is 1. The van der Waals surface area contributed by atoms with Crippen molar-refractivity contribution < 1.29 is 4.79 Å². The van der Waals surface area contributed by atoms with Crippen molar-refractivity contribution in [2.75, 3.05) is 18.9 Å². The number of anilines is 1. The molecule has 0 atom stereocenters. The molecular formula is C16H28N4O. The molecule has 0 aliphatic rings. The van der Waals surface area contributed by atoms with Crippen LogP contribution in [-0.4, -0.2) is 40.4 Å². The molecule has 0 aliphatic carbocycles. The minimum absolute atomic E-state index is 0.0349. The Labute approximate surface area is 128 Å². The summed E-state index contributed by atoms with van der Waals surface area (Å²) in [6.07, 6.45) is 1.70. The Balaban J connectivity index is 3.21. The van der Waals surface area contributed by atoms with Crippen LogP contribution in [0.4, 0.5) is 5.69 Å². The molecule has 0 fully saturated rings. The van der Waals surface area contributed by atoms with Crippen LogP contribution in [0, 0.1) is 5.92 Å². The lowest BCUT2D eigenvalue weighted by atomic mass is 10.1. The van der Waals surface area contributed by atoms with Gasteiger partial charge in [-0.05, 0) is 19.8 Å². The van der Waals surface area contributed by atoms with E-state index in [2.05, 4.69) is 29.1 Å². The second-order valence-corrected chi connectivity index (χ2v) is 6.34. The largest absolute Gasteiger partial charge is 0.385 e. The van der Waals surface area contributed by atoms with Gasteiger partial charge in [0.05, 0.1) is 11.9 Å². The van der Waals surface area contributed by atoms with Gasteiger partial charge in [-0.3, -0.25) is 4.79 Å². The van der Waals surface area contributed by atoms with Gasteiger partial charge in [-0.25, -0.2) is 9.97 Å². The van der Waals surface area contributed by atoms with Crippen molar-refractivity contribution in [3.8, 4) is 0 Å². The third-order valence-electron chi connectivity index (χ3n) is 3.24. The van der Waals surface area contributed by atoms with Crippen molar-refractivity contribution in [2.24, 2.45) is 5.92 Å². The van der Waals surface area contributed by atoms with Gasteiger partial charge in [0.1, 0.15) is 5.82 Å². The summed E-state index contributed by atoms with van der Waals surface area (Å²) in [6.45, 7) is 13.1. The highest BCUT2D eigenvalue weighted by Crippen LogP contribution is 2.19. The average Bonchev–Trinajstić information content (AvgIpc) is 2.42. The minimum atomic E-state index is -0.0349. The average molecular weight is 292 g/mol. The lowest BCUT2D eigenvalue weighted by molar-refractivity contribution is 0.0676. The number of nitrogens with zero attached hydrogens (tertiary/aromatic N) is 3. The van der Waals surface area contributed by atoms with Gasteiger partial charge in [-0.1, -0.05) is 27.7 Å². The highest BCUT2D eigenvalue weighted by Gasteiger charge is 2.24. The molecule has 0 saturated carbocycles. The molecule has 1 N–H and O–H groups in total. The van der Waals surface area contributed by atoms with Crippen LogP contribution in [0.3, 0.4) is 0 Å². The van der Waals surface area contributed by atoms with Crippen LogP contribution in [0.1, 0.15) is 63.8 Å². The molecule has 1 aromatic rings. The maximum atomic E-state index is 12.9. The van der Waals surface area contributed by atoms with Crippen LogP contribution in [0.5, 0.6) is 0 Å². The quantitative estimate of drug-likeness (QED) is 0.875. The van der Waals surface area contributed by atoms with E-state index >= 15 is 0 Å². The van der Waals surface area contributed by atoms with Crippen molar-refractivity contribution in [1.29, 1.82) is 0 Å². The van der Waals surface area contributed by atoms with Crippen LogP contribution in [0.15, 0.2) is 6.20 Å². The molecule has 5 heteroatoms. The SMILES string of the molecule is CNc1cnc(C(C)C)nc1C(=O)N(CC(C)C)C(C)C. The second-order valence-electron chi connectivity index (χ2n) is 6.34. The van der Waals surface area contributed by atoms with E-state index in [1.165, 1.54) is 0 Å². The van der Waals surface area contributed by atoms with Crippen molar-refractivity contribution >= 4 is 11.6 Å². The first-order chi connectivity index (χ1) is 9.77. The molecule has 0 unspecified atom stereocenters. The molecule has 0 aliphatic heterocycles. The first-order valence-electron chi connectivity index (χ1n) is 7.63. The number of nitrogens with one attached hydrogen (secondary N) is 1. The maximum absolute atomic E-state index is 12.9. The fourth-order valence-electron chi connectivity index (χ4n) is 2.08. The highest BCUT2D eigenvalue weighted by atomic mass is 16.2. The van der Waals surface area contributed by atoms with Gasteiger partial charge in [0.25, 0.3) is 5.91 Å². The molecule has 5 nitrogen and oxygen atoms in total. The normalized spacial score (nSPS) is 11.3. The zero-order valence-electron chi connectivity index (χ0n) is 14.3. The van der Waals surface area contributed by atoms with E-state index in [1.807, 2.05) is 32.6 Å². The fraction of sp³-hybridized carbons (Fsp3) is 0.688. The standard InChI is InChI=1S/C16H28N4O/c1-10(2)9-20(12(5)6)16(21)14-13(17-7)8-18-15(19-14)11(3)4/h8,10-12,17H,9H2,1-7H3. The number of rotatable bonds is 6. The summed E-state index contributed by atoms with van der Waals surface area (Å²) >= 11 is 0. The third-order valence-corrected chi connectivity index (χ3v) is 3.24. The molecule has 1 amide bonds. The van der Waals surface area contributed by atoms with Crippen molar-refractivity contribution in [3.05, 3.63) is 17.7 Å². The highest BCUT2D eigenvalue weighted by molar-refractivity contribution is 5.97. The molecule has 1 heterocycles. The zero-order valence-corrected chi connectivity index (χ0v) is 14.3. The number of carbonyl (C=O) groups excluding carboxylic acids is 1. The Morgan fingerprint density at radius 1 is 1.24 bits per heavy atom.